The Balaban J connectivity index is 2.02. The van der Waals surface area contributed by atoms with Crippen molar-refractivity contribution in [3.05, 3.63) is 53.0 Å². The minimum Gasteiger partial charge on any atom is -0.378 e. The second kappa shape index (κ2) is 6.40. The fraction of sp³-hybridized carbons (Fsp3) is 0.250. The van der Waals surface area contributed by atoms with Crippen LogP contribution in [0.3, 0.4) is 0 Å². The highest BCUT2D eigenvalue weighted by molar-refractivity contribution is 9.10. The number of morpholine rings is 1. The Morgan fingerprint density at radius 2 is 1.64 bits per heavy atom. The fourth-order valence-corrected chi connectivity index (χ4v) is 4.42. The highest BCUT2D eigenvalue weighted by atomic mass is 79.9. The molecule has 0 amide bonds. The summed E-state index contributed by atoms with van der Waals surface area (Å²) >= 11 is 3.42. The number of halogens is 1. The quantitative estimate of drug-likeness (QED) is 0.819. The maximum absolute atomic E-state index is 12.8. The van der Waals surface area contributed by atoms with E-state index >= 15 is 0 Å². The molecule has 1 aliphatic heterocycles. The summed E-state index contributed by atoms with van der Waals surface area (Å²) in [6.45, 7) is 2.85. The predicted octanol–water partition coefficient (Wildman–Crippen LogP) is 3.12. The third-order valence-electron chi connectivity index (χ3n) is 3.60. The van der Waals surface area contributed by atoms with Crippen LogP contribution >= 0.6 is 15.9 Å². The minimum absolute atomic E-state index is 0.301. The second-order valence-corrected chi connectivity index (χ2v) is 7.93. The standard InChI is InChI=1S/C16H16BrNO3S/c17-13-10-14(18-6-8-21-9-7-18)12-16(11-13)22(19,20)15-4-2-1-3-5-15/h1-5,10-12H,6-9H2. The van der Waals surface area contributed by atoms with Crippen LogP contribution in [0.1, 0.15) is 0 Å². The van der Waals surface area contributed by atoms with Crippen LogP contribution in [0, 0.1) is 0 Å². The highest BCUT2D eigenvalue weighted by Crippen LogP contribution is 2.29. The van der Waals surface area contributed by atoms with E-state index in [0.717, 1.165) is 23.2 Å². The Morgan fingerprint density at radius 3 is 2.32 bits per heavy atom. The summed E-state index contributed by atoms with van der Waals surface area (Å²) in [5, 5.41) is 0. The molecule has 0 N–H and O–H groups in total. The van der Waals surface area contributed by atoms with Crippen molar-refractivity contribution in [2.45, 2.75) is 9.79 Å². The molecule has 0 saturated carbocycles. The van der Waals surface area contributed by atoms with E-state index in [1.807, 2.05) is 6.07 Å². The lowest BCUT2D eigenvalue weighted by Gasteiger charge is -2.29. The third-order valence-corrected chi connectivity index (χ3v) is 5.80. The first kappa shape index (κ1) is 15.5. The molecule has 0 radical (unpaired) electrons. The van der Waals surface area contributed by atoms with Gasteiger partial charge in [0.1, 0.15) is 0 Å². The molecule has 1 fully saturated rings. The van der Waals surface area contributed by atoms with Crippen molar-refractivity contribution in [3.8, 4) is 0 Å². The van der Waals surface area contributed by atoms with Crippen LogP contribution in [0.2, 0.25) is 0 Å². The molecule has 2 aromatic carbocycles. The van der Waals surface area contributed by atoms with Gasteiger partial charge in [-0.15, -0.1) is 0 Å². The molecule has 0 bridgehead atoms. The molecule has 116 valence electrons. The number of nitrogens with zero attached hydrogens (tertiary/aromatic N) is 1. The van der Waals surface area contributed by atoms with Gasteiger partial charge in [0, 0.05) is 23.2 Å². The molecule has 3 rings (SSSR count). The van der Waals surface area contributed by atoms with E-state index in [2.05, 4.69) is 20.8 Å². The van der Waals surface area contributed by atoms with E-state index in [1.54, 1.807) is 42.5 Å². The largest absolute Gasteiger partial charge is 0.378 e. The number of rotatable bonds is 3. The Hall–Kier alpha value is -1.37. The molecule has 1 aliphatic rings. The number of sulfone groups is 1. The summed E-state index contributed by atoms with van der Waals surface area (Å²) in [4.78, 5) is 2.74. The molecular weight excluding hydrogens is 366 g/mol. The van der Waals surface area contributed by atoms with Crippen LogP contribution in [0.15, 0.2) is 62.8 Å². The Morgan fingerprint density at radius 1 is 0.955 bits per heavy atom. The van der Waals surface area contributed by atoms with Crippen molar-refractivity contribution in [1.29, 1.82) is 0 Å². The molecule has 1 heterocycles. The molecule has 0 aliphatic carbocycles. The van der Waals surface area contributed by atoms with Crippen molar-refractivity contribution in [2.75, 3.05) is 31.2 Å². The fourth-order valence-electron chi connectivity index (χ4n) is 2.44. The van der Waals surface area contributed by atoms with Crippen LogP contribution in [0.5, 0.6) is 0 Å². The summed E-state index contributed by atoms with van der Waals surface area (Å²) in [6.07, 6.45) is 0. The molecular formula is C16H16BrNO3S. The minimum atomic E-state index is -3.51. The first-order valence-electron chi connectivity index (χ1n) is 7.01. The van der Waals surface area contributed by atoms with Crippen molar-refractivity contribution in [1.82, 2.24) is 0 Å². The molecule has 4 nitrogen and oxygen atoms in total. The van der Waals surface area contributed by atoms with Crippen LogP contribution < -0.4 is 4.90 Å². The van der Waals surface area contributed by atoms with Crippen LogP contribution in [-0.4, -0.2) is 34.7 Å². The van der Waals surface area contributed by atoms with Gasteiger partial charge in [0.15, 0.2) is 0 Å². The lowest BCUT2D eigenvalue weighted by atomic mass is 10.2. The van der Waals surface area contributed by atoms with E-state index in [1.165, 1.54) is 0 Å². The average molecular weight is 382 g/mol. The van der Waals surface area contributed by atoms with E-state index in [9.17, 15) is 8.42 Å². The molecule has 22 heavy (non-hydrogen) atoms. The summed E-state index contributed by atoms with van der Waals surface area (Å²) in [6, 6.07) is 13.8. The molecule has 0 aromatic heterocycles. The van der Waals surface area contributed by atoms with Crippen LogP contribution in [0.25, 0.3) is 0 Å². The lowest BCUT2D eigenvalue weighted by molar-refractivity contribution is 0.122. The molecule has 6 heteroatoms. The van der Waals surface area contributed by atoms with Crippen molar-refractivity contribution in [2.24, 2.45) is 0 Å². The van der Waals surface area contributed by atoms with Crippen molar-refractivity contribution in [3.63, 3.8) is 0 Å². The average Bonchev–Trinajstić information content (AvgIpc) is 2.56. The summed E-state index contributed by atoms with van der Waals surface area (Å²) < 4.78 is 31.6. The Kier molecular flexibility index (Phi) is 4.52. The molecule has 0 spiro atoms. The van der Waals surface area contributed by atoms with Gasteiger partial charge in [0.05, 0.1) is 23.0 Å². The number of benzene rings is 2. The normalized spacial score (nSPS) is 15.8. The van der Waals surface area contributed by atoms with Gasteiger partial charge in [-0.1, -0.05) is 34.1 Å². The smallest absolute Gasteiger partial charge is 0.206 e. The summed E-state index contributed by atoms with van der Waals surface area (Å²) in [5.41, 5.74) is 0.896. The van der Waals surface area contributed by atoms with Crippen molar-refractivity contribution < 1.29 is 13.2 Å². The van der Waals surface area contributed by atoms with E-state index in [0.29, 0.717) is 23.0 Å². The van der Waals surface area contributed by atoms with Gasteiger partial charge in [-0.25, -0.2) is 8.42 Å². The van der Waals surface area contributed by atoms with Gasteiger partial charge in [-0.2, -0.15) is 0 Å². The first-order chi connectivity index (χ1) is 10.6. The molecule has 0 unspecified atom stereocenters. The van der Waals surface area contributed by atoms with Crippen molar-refractivity contribution >= 4 is 31.5 Å². The van der Waals surface area contributed by atoms with Gasteiger partial charge in [0.2, 0.25) is 9.84 Å². The zero-order valence-electron chi connectivity index (χ0n) is 11.9. The summed E-state index contributed by atoms with van der Waals surface area (Å²) in [5.74, 6) is 0. The highest BCUT2D eigenvalue weighted by Gasteiger charge is 2.20. The number of ether oxygens (including phenoxy) is 1. The maximum atomic E-state index is 12.8. The molecule has 0 atom stereocenters. The topological polar surface area (TPSA) is 46.6 Å². The van der Waals surface area contributed by atoms with Gasteiger partial charge in [-0.05, 0) is 30.3 Å². The Labute approximate surface area is 138 Å². The first-order valence-corrected chi connectivity index (χ1v) is 9.28. The second-order valence-electron chi connectivity index (χ2n) is 5.06. The van der Waals surface area contributed by atoms with E-state index in [4.69, 9.17) is 4.74 Å². The maximum Gasteiger partial charge on any atom is 0.206 e. The van der Waals surface area contributed by atoms with E-state index < -0.39 is 9.84 Å². The zero-order chi connectivity index (χ0) is 15.6. The van der Waals surface area contributed by atoms with Crippen LogP contribution in [0.4, 0.5) is 5.69 Å². The zero-order valence-corrected chi connectivity index (χ0v) is 14.3. The number of hydrogen-bond acceptors (Lipinski definition) is 4. The van der Waals surface area contributed by atoms with Crippen LogP contribution in [-0.2, 0) is 14.6 Å². The number of anilines is 1. The predicted molar refractivity (Wildman–Crippen MR) is 89.1 cm³/mol. The third kappa shape index (κ3) is 3.19. The SMILES string of the molecule is O=S(=O)(c1ccccc1)c1cc(Br)cc(N2CCOCC2)c1. The molecule has 2 aromatic rings. The monoisotopic (exact) mass is 381 g/mol. The van der Waals surface area contributed by atoms with E-state index in [-0.39, 0.29) is 0 Å². The van der Waals surface area contributed by atoms with Gasteiger partial charge in [-0.3, -0.25) is 0 Å². The van der Waals surface area contributed by atoms with Gasteiger partial charge in [0.25, 0.3) is 0 Å². The lowest BCUT2D eigenvalue weighted by Crippen LogP contribution is -2.36. The summed E-state index contributed by atoms with van der Waals surface area (Å²) in [7, 11) is -3.51. The van der Waals surface area contributed by atoms with Gasteiger partial charge >= 0.3 is 0 Å². The molecule has 1 saturated heterocycles. The number of hydrogen-bond donors (Lipinski definition) is 0. The Bertz CT molecular complexity index is 756. The van der Waals surface area contributed by atoms with Gasteiger partial charge < -0.3 is 9.64 Å².